The number of alkyl halides is 6. The van der Waals surface area contributed by atoms with Crippen molar-refractivity contribution in [2.75, 3.05) is 11.5 Å². The number of nitrogen functional groups attached to an aromatic ring is 2. The molecule has 0 atom stereocenters. The van der Waals surface area contributed by atoms with Crippen LogP contribution < -0.4 is 20.9 Å². The van der Waals surface area contributed by atoms with E-state index in [1.165, 1.54) is 12.1 Å². The molecule has 6 rings (SSSR count). The minimum atomic E-state index is -4.75. The van der Waals surface area contributed by atoms with E-state index in [4.69, 9.17) is 20.9 Å². The predicted molar refractivity (Wildman–Crippen MR) is 164 cm³/mol. The Balaban J connectivity index is 1.53. The van der Waals surface area contributed by atoms with E-state index in [1.54, 1.807) is 48.5 Å². The Bertz CT molecular complexity index is 1910. The number of fused-ring (bicyclic) bond motifs is 2. The second-order valence-corrected chi connectivity index (χ2v) is 11.1. The van der Waals surface area contributed by atoms with Gasteiger partial charge in [0.2, 0.25) is 0 Å². The van der Waals surface area contributed by atoms with Gasteiger partial charge >= 0.3 is 12.4 Å². The van der Waals surface area contributed by atoms with Crippen LogP contribution in [0.1, 0.15) is 11.1 Å². The maximum atomic E-state index is 14.0. The molecule has 0 unspecified atom stereocenters. The minimum absolute atomic E-state index is 0.0822. The Labute approximate surface area is 257 Å². The maximum absolute atomic E-state index is 14.0. The largest absolute Gasteiger partial charge is 0.456 e. The number of hydrogen-bond acceptors (Lipinski definition) is 5. The summed E-state index contributed by atoms with van der Waals surface area (Å²) in [6.45, 7) is 0. The van der Waals surface area contributed by atoms with Crippen LogP contribution >= 0.6 is 11.8 Å². The van der Waals surface area contributed by atoms with E-state index in [-0.39, 0.29) is 22.9 Å². The number of ether oxygens (including phenoxy) is 2. The van der Waals surface area contributed by atoms with Gasteiger partial charge in [-0.1, -0.05) is 72.4 Å². The van der Waals surface area contributed by atoms with Crippen LogP contribution in [-0.2, 0) is 12.4 Å². The lowest BCUT2D eigenvalue weighted by Gasteiger charge is -2.20. The van der Waals surface area contributed by atoms with Crippen LogP contribution in [0.3, 0.4) is 0 Å². The molecule has 0 aromatic heterocycles. The van der Waals surface area contributed by atoms with Crippen molar-refractivity contribution in [3.8, 4) is 23.0 Å². The third-order valence-electron chi connectivity index (χ3n) is 6.95. The Morgan fingerprint density at radius 2 is 0.844 bits per heavy atom. The molecule has 4 N–H and O–H groups in total. The SMILES string of the molecule is Nc1ccc(Oc2ccc3ccccc3c2Sc2c(Oc3ccc(N)cc3C(F)(F)F)ccc3ccccc23)c(C(F)(F)F)c1. The van der Waals surface area contributed by atoms with Crippen molar-refractivity contribution in [1.29, 1.82) is 0 Å². The summed E-state index contributed by atoms with van der Waals surface area (Å²) in [4.78, 5) is 0.847. The average Bonchev–Trinajstić information content (AvgIpc) is 2.99. The summed E-state index contributed by atoms with van der Waals surface area (Å²) in [6, 6.07) is 27.4. The fourth-order valence-corrected chi connectivity index (χ4v) is 6.09. The molecule has 0 bridgehead atoms. The summed E-state index contributed by atoms with van der Waals surface area (Å²) in [5.41, 5.74) is 9.03. The summed E-state index contributed by atoms with van der Waals surface area (Å²) in [5.74, 6) is -0.729. The highest BCUT2D eigenvalue weighted by Crippen LogP contribution is 2.50. The number of anilines is 2. The molecule has 0 aliphatic rings. The van der Waals surface area contributed by atoms with Crippen LogP contribution in [0.25, 0.3) is 21.5 Å². The van der Waals surface area contributed by atoms with Gasteiger partial charge in [0.15, 0.2) is 0 Å². The first-order valence-corrected chi connectivity index (χ1v) is 14.2. The molecule has 0 saturated heterocycles. The van der Waals surface area contributed by atoms with Crippen molar-refractivity contribution in [2.45, 2.75) is 22.1 Å². The lowest BCUT2D eigenvalue weighted by Crippen LogP contribution is -2.08. The second kappa shape index (κ2) is 11.5. The van der Waals surface area contributed by atoms with E-state index < -0.39 is 35.0 Å². The zero-order valence-corrected chi connectivity index (χ0v) is 23.9. The van der Waals surface area contributed by atoms with Gasteiger partial charge in [0, 0.05) is 11.4 Å². The molecule has 6 aromatic rings. The zero-order chi connectivity index (χ0) is 31.9. The van der Waals surface area contributed by atoms with E-state index >= 15 is 0 Å². The molecule has 6 aromatic carbocycles. The Hall–Kier alpha value is -5.03. The van der Waals surface area contributed by atoms with Crippen LogP contribution in [0, 0.1) is 0 Å². The fourth-order valence-electron chi connectivity index (χ4n) is 4.87. The van der Waals surface area contributed by atoms with Crippen molar-refractivity contribution < 1.29 is 35.8 Å². The Morgan fingerprint density at radius 1 is 0.467 bits per heavy atom. The summed E-state index contributed by atoms with van der Waals surface area (Å²) in [5, 5.41) is 2.82. The third kappa shape index (κ3) is 6.16. The topological polar surface area (TPSA) is 70.5 Å². The normalized spacial score (nSPS) is 12.0. The Kier molecular flexibility index (Phi) is 7.65. The lowest BCUT2D eigenvalue weighted by atomic mass is 10.1. The molecular formula is C34H22F6N2O2S. The fraction of sp³-hybridized carbons (Fsp3) is 0.0588. The monoisotopic (exact) mass is 636 g/mol. The molecular weight excluding hydrogens is 614 g/mol. The minimum Gasteiger partial charge on any atom is -0.456 e. The van der Waals surface area contributed by atoms with Crippen LogP contribution in [-0.4, -0.2) is 0 Å². The van der Waals surface area contributed by atoms with Gasteiger partial charge in [0.05, 0.1) is 9.79 Å². The summed E-state index contributed by atoms with van der Waals surface area (Å²) < 4.78 is 95.7. The molecule has 0 amide bonds. The van der Waals surface area contributed by atoms with E-state index in [9.17, 15) is 26.3 Å². The lowest BCUT2D eigenvalue weighted by molar-refractivity contribution is -0.139. The van der Waals surface area contributed by atoms with E-state index in [1.807, 2.05) is 24.3 Å². The highest BCUT2D eigenvalue weighted by atomic mass is 32.2. The average molecular weight is 637 g/mol. The molecule has 4 nitrogen and oxygen atoms in total. The van der Waals surface area contributed by atoms with E-state index in [0.717, 1.165) is 46.8 Å². The smallest absolute Gasteiger partial charge is 0.420 e. The van der Waals surface area contributed by atoms with Crippen molar-refractivity contribution in [1.82, 2.24) is 0 Å². The Morgan fingerprint density at radius 3 is 1.24 bits per heavy atom. The van der Waals surface area contributed by atoms with Crippen molar-refractivity contribution in [3.63, 3.8) is 0 Å². The number of benzene rings is 6. The van der Waals surface area contributed by atoms with Crippen molar-refractivity contribution >= 4 is 44.7 Å². The highest BCUT2D eigenvalue weighted by Gasteiger charge is 2.36. The highest BCUT2D eigenvalue weighted by molar-refractivity contribution is 8.00. The van der Waals surface area contributed by atoms with Crippen LogP contribution in [0.2, 0.25) is 0 Å². The molecule has 0 radical (unpaired) electrons. The first kappa shape index (κ1) is 30.0. The van der Waals surface area contributed by atoms with Gasteiger partial charge in [-0.2, -0.15) is 26.3 Å². The van der Waals surface area contributed by atoms with Crippen molar-refractivity contribution in [3.05, 3.63) is 120 Å². The molecule has 0 heterocycles. The molecule has 0 saturated carbocycles. The molecule has 45 heavy (non-hydrogen) atoms. The number of rotatable bonds is 6. The predicted octanol–water partition coefficient (Wildman–Crippen LogP) is 10.9. The van der Waals surface area contributed by atoms with Gasteiger partial charge in [-0.25, -0.2) is 0 Å². The van der Waals surface area contributed by atoms with Gasteiger partial charge in [0.25, 0.3) is 0 Å². The van der Waals surface area contributed by atoms with Crippen LogP contribution in [0.4, 0.5) is 37.7 Å². The number of nitrogens with two attached hydrogens (primary N) is 2. The van der Waals surface area contributed by atoms with Gasteiger partial charge in [-0.05, 0) is 70.1 Å². The van der Waals surface area contributed by atoms with Crippen LogP contribution in [0.5, 0.6) is 23.0 Å². The van der Waals surface area contributed by atoms with E-state index in [0.29, 0.717) is 20.6 Å². The number of hydrogen-bond donors (Lipinski definition) is 2. The van der Waals surface area contributed by atoms with Gasteiger partial charge in [-0.3, -0.25) is 0 Å². The number of halogens is 6. The molecule has 0 aliphatic heterocycles. The summed E-state index contributed by atoms with van der Waals surface area (Å²) in [6.07, 6.45) is -9.50. The standard InChI is InChI=1S/C34H22F6N2O2S/c35-33(36,37)25-17-21(41)11-15-27(25)43-29-13-9-19-5-1-3-7-23(19)31(29)45-32-24-8-4-2-6-20(24)10-14-30(32)44-28-16-12-22(42)18-26(28)34(38,39)40/h1-18H,41-42H2. The van der Waals surface area contributed by atoms with E-state index in [2.05, 4.69) is 0 Å². The van der Waals surface area contributed by atoms with Gasteiger partial charge < -0.3 is 20.9 Å². The zero-order valence-electron chi connectivity index (χ0n) is 23.0. The van der Waals surface area contributed by atoms with Gasteiger partial charge in [0.1, 0.15) is 34.1 Å². The maximum Gasteiger partial charge on any atom is 0.420 e. The van der Waals surface area contributed by atoms with Crippen molar-refractivity contribution in [2.24, 2.45) is 0 Å². The first-order valence-electron chi connectivity index (χ1n) is 13.4. The van der Waals surface area contributed by atoms with Gasteiger partial charge in [-0.15, -0.1) is 0 Å². The van der Waals surface area contributed by atoms with Crippen LogP contribution in [0.15, 0.2) is 119 Å². The molecule has 0 aliphatic carbocycles. The first-order chi connectivity index (χ1) is 21.4. The summed E-state index contributed by atoms with van der Waals surface area (Å²) >= 11 is 1.11. The molecule has 11 heteroatoms. The second-order valence-electron chi connectivity index (χ2n) is 10.0. The molecule has 228 valence electrons. The quantitative estimate of drug-likeness (QED) is 0.141. The third-order valence-corrected chi connectivity index (χ3v) is 8.20. The summed E-state index contributed by atoms with van der Waals surface area (Å²) in [7, 11) is 0. The molecule has 0 fully saturated rings. The molecule has 0 spiro atoms.